The first-order valence-corrected chi connectivity index (χ1v) is 6.41. The van der Waals surface area contributed by atoms with Gasteiger partial charge in [-0.2, -0.15) is 0 Å². The fourth-order valence-corrected chi connectivity index (χ4v) is 2.25. The zero-order chi connectivity index (χ0) is 14.6. The van der Waals surface area contributed by atoms with Crippen LogP contribution in [0.15, 0.2) is 12.1 Å². The van der Waals surface area contributed by atoms with E-state index in [1.54, 1.807) is 0 Å². The van der Waals surface area contributed by atoms with E-state index < -0.39 is 5.97 Å². The standard InChI is InChI=1S/C15H21NO3/c1-9-7-10(2)14(11(3)8-9)15(19)16-12(4)5-6-13(17)18/h7-8,12H,5-6H2,1-4H3,(H,16,19)(H,17,18). The monoisotopic (exact) mass is 263 g/mol. The van der Waals surface area contributed by atoms with Crippen molar-refractivity contribution in [2.24, 2.45) is 0 Å². The smallest absolute Gasteiger partial charge is 0.303 e. The molecule has 4 nitrogen and oxygen atoms in total. The average molecular weight is 263 g/mol. The van der Waals surface area contributed by atoms with Crippen LogP contribution in [-0.2, 0) is 4.79 Å². The second kappa shape index (κ2) is 6.36. The lowest BCUT2D eigenvalue weighted by molar-refractivity contribution is -0.137. The Morgan fingerprint density at radius 1 is 1.21 bits per heavy atom. The SMILES string of the molecule is Cc1cc(C)c(C(=O)NC(C)CCC(=O)O)c(C)c1. The number of carbonyl (C=O) groups excluding carboxylic acids is 1. The predicted molar refractivity (Wildman–Crippen MR) is 74.5 cm³/mol. The van der Waals surface area contributed by atoms with Crippen molar-refractivity contribution in [1.29, 1.82) is 0 Å². The molecule has 0 aliphatic heterocycles. The molecule has 1 aromatic rings. The summed E-state index contributed by atoms with van der Waals surface area (Å²) in [6.07, 6.45) is 0.498. The van der Waals surface area contributed by atoms with Crippen LogP contribution in [0.4, 0.5) is 0 Å². The Morgan fingerprint density at radius 3 is 2.21 bits per heavy atom. The molecule has 0 saturated heterocycles. The van der Waals surface area contributed by atoms with E-state index in [4.69, 9.17) is 5.11 Å². The summed E-state index contributed by atoms with van der Waals surface area (Å²) in [6.45, 7) is 7.64. The maximum atomic E-state index is 12.2. The number of aryl methyl sites for hydroxylation is 3. The van der Waals surface area contributed by atoms with Crippen LogP contribution in [0, 0.1) is 20.8 Å². The van der Waals surface area contributed by atoms with Gasteiger partial charge < -0.3 is 10.4 Å². The number of carboxylic acid groups (broad SMARTS) is 1. The summed E-state index contributed by atoms with van der Waals surface area (Å²) in [7, 11) is 0. The van der Waals surface area contributed by atoms with Crippen molar-refractivity contribution in [3.8, 4) is 0 Å². The summed E-state index contributed by atoms with van der Waals surface area (Å²) in [5.41, 5.74) is 3.71. The van der Waals surface area contributed by atoms with Crippen LogP contribution in [0.5, 0.6) is 0 Å². The second-order valence-corrected chi connectivity index (χ2v) is 5.08. The fourth-order valence-electron chi connectivity index (χ4n) is 2.25. The number of nitrogens with one attached hydrogen (secondary N) is 1. The molecule has 1 rings (SSSR count). The Morgan fingerprint density at radius 2 is 1.74 bits per heavy atom. The van der Waals surface area contributed by atoms with Gasteiger partial charge in [-0.1, -0.05) is 17.7 Å². The minimum atomic E-state index is -0.844. The Balaban J connectivity index is 2.76. The number of benzene rings is 1. The fraction of sp³-hybridized carbons (Fsp3) is 0.467. The third kappa shape index (κ3) is 4.39. The first-order valence-electron chi connectivity index (χ1n) is 6.41. The van der Waals surface area contributed by atoms with Gasteiger partial charge in [-0.15, -0.1) is 0 Å². The summed E-state index contributed by atoms with van der Waals surface area (Å²) in [5, 5.41) is 11.5. The first-order chi connectivity index (χ1) is 8.81. The molecule has 0 aliphatic rings. The van der Waals surface area contributed by atoms with Crippen molar-refractivity contribution in [2.45, 2.75) is 46.6 Å². The molecule has 1 atom stereocenters. The van der Waals surface area contributed by atoms with Gasteiger partial charge in [0.2, 0.25) is 0 Å². The Hall–Kier alpha value is -1.84. The number of aliphatic carboxylic acids is 1. The van der Waals surface area contributed by atoms with Crippen LogP contribution in [0.25, 0.3) is 0 Å². The zero-order valence-corrected chi connectivity index (χ0v) is 11.9. The maximum absolute atomic E-state index is 12.2. The minimum Gasteiger partial charge on any atom is -0.481 e. The van der Waals surface area contributed by atoms with E-state index >= 15 is 0 Å². The number of hydrogen-bond acceptors (Lipinski definition) is 2. The molecule has 1 unspecified atom stereocenters. The molecule has 2 N–H and O–H groups in total. The van der Waals surface area contributed by atoms with Gasteiger partial charge in [-0.05, 0) is 45.2 Å². The molecule has 0 aromatic heterocycles. The largest absolute Gasteiger partial charge is 0.481 e. The van der Waals surface area contributed by atoms with E-state index in [9.17, 15) is 9.59 Å². The summed E-state index contributed by atoms with van der Waals surface area (Å²) >= 11 is 0. The van der Waals surface area contributed by atoms with Crippen molar-refractivity contribution in [1.82, 2.24) is 5.32 Å². The lowest BCUT2D eigenvalue weighted by Gasteiger charge is -2.16. The third-order valence-electron chi connectivity index (χ3n) is 3.07. The van der Waals surface area contributed by atoms with Gasteiger partial charge in [0.15, 0.2) is 0 Å². The highest BCUT2D eigenvalue weighted by Crippen LogP contribution is 2.16. The lowest BCUT2D eigenvalue weighted by atomic mass is 9.99. The zero-order valence-electron chi connectivity index (χ0n) is 11.9. The van der Waals surface area contributed by atoms with E-state index in [-0.39, 0.29) is 18.4 Å². The van der Waals surface area contributed by atoms with Crippen LogP contribution in [0.3, 0.4) is 0 Å². The van der Waals surface area contributed by atoms with Crippen molar-refractivity contribution < 1.29 is 14.7 Å². The van der Waals surface area contributed by atoms with Crippen LogP contribution >= 0.6 is 0 Å². The minimum absolute atomic E-state index is 0.0628. The van der Waals surface area contributed by atoms with E-state index in [1.165, 1.54) is 0 Å². The number of carboxylic acids is 1. The molecule has 1 amide bonds. The molecule has 0 heterocycles. The molecule has 19 heavy (non-hydrogen) atoms. The van der Waals surface area contributed by atoms with Gasteiger partial charge in [0.25, 0.3) is 5.91 Å². The van der Waals surface area contributed by atoms with Gasteiger partial charge in [-0.25, -0.2) is 0 Å². The van der Waals surface area contributed by atoms with Gasteiger partial charge in [-0.3, -0.25) is 9.59 Å². The number of hydrogen-bond donors (Lipinski definition) is 2. The number of rotatable bonds is 5. The summed E-state index contributed by atoms with van der Waals surface area (Å²) in [6, 6.07) is 3.80. The number of amides is 1. The van der Waals surface area contributed by atoms with Gasteiger partial charge in [0, 0.05) is 18.0 Å². The Labute approximate surface area is 113 Å². The molecular weight excluding hydrogens is 242 g/mol. The van der Waals surface area contributed by atoms with Crippen molar-refractivity contribution in [2.75, 3.05) is 0 Å². The Bertz CT molecular complexity index is 471. The van der Waals surface area contributed by atoms with Crippen LogP contribution in [-0.4, -0.2) is 23.0 Å². The summed E-state index contributed by atoms with van der Waals surface area (Å²) in [4.78, 5) is 22.7. The lowest BCUT2D eigenvalue weighted by Crippen LogP contribution is -2.33. The van der Waals surface area contributed by atoms with E-state index in [0.29, 0.717) is 12.0 Å². The van der Waals surface area contributed by atoms with E-state index in [1.807, 2.05) is 39.8 Å². The highest BCUT2D eigenvalue weighted by Gasteiger charge is 2.15. The molecular formula is C15H21NO3. The molecule has 0 saturated carbocycles. The number of carbonyl (C=O) groups is 2. The molecule has 1 aromatic carbocycles. The van der Waals surface area contributed by atoms with Crippen LogP contribution in [0.1, 0.15) is 46.8 Å². The molecule has 0 aliphatic carbocycles. The molecule has 0 bridgehead atoms. The van der Waals surface area contributed by atoms with Crippen molar-refractivity contribution in [3.63, 3.8) is 0 Å². The quantitative estimate of drug-likeness (QED) is 0.858. The van der Waals surface area contributed by atoms with Crippen molar-refractivity contribution in [3.05, 3.63) is 34.4 Å². The van der Waals surface area contributed by atoms with Crippen LogP contribution in [0.2, 0.25) is 0 Å². The predicted octanol–water partition coefficient (Wildman–Crippen LogP) is 2.59. The highest BCUT2D eigenvalue weighted by atomic mass is 16.4. The molecule has 0 radical (unpaired) electrons. The van der Waals surface area contributed by atoms with Gasteiger partial charge >= 0.3 is 5.97 Å². The summed E-state index contributed by atoms with van der Waals surface area (Å²) in [5.74, 6) is -0.975. The highest BCUT2D eigenvalue weighted by molar-refractivity contribution is 5.97. The topological polar surface area (TPSA) is 66.4 Å². The molecule has 104 valence electrons. The van der Waals surface area contributed by atoms with E-state index in [0.717, 1.165) is 16.7 Å². The van der Waals surface area contributed by atoms with Gasteiger partial charge in [0.05, 0.1) is 0 Å². The first kappa shape index (κ1) is 15.2. The maximum Gasteiger partial charge on any atom is 0.303 e. The normalized spacial score (nSPS) is 12.0. The van der Waals surface area contributed by atoms with Gasteiger partial charge in [0.1, 0.15) is 0 Å². The Kier molecular flexibility index (Phi) is 5.10. The van der Waals surface area contributed by atoms with Crippen LogP contribution < -0.4 is 5.32 Å². The average Bonchev–Trinajstić information content (AvgIpc) is 2.24. The van der Waals surface area contributed by atoms with E-state index in [2.05, 4.69) is 5.32 Å². The van der Waals surface area contributed by atoms with Crippen molar-refractivity contribution >= 4 is 11.9 Å². The third-order valence-corrected chi connectivity index (χ3v) is 3.07. The molecule has 0 fully saturated rings. The second-order valence-electron chi connectivity index (χ2n) is 5.08. The molecule has 4 heteroatoms. The molecule has 0 spiro atoms. The summed E-state index contributed by atoms with van der Waals surface area (Å²) < 4.78 is 0.